The molecule has 0 unspecified atom stereocenters. The molecule has 1 aromatic heterocycles. The Morgan fingerprint density at radius 2 is 2.10 bits per heavy atom. The Hall–Kier alpha value is -2.53. The predicted octanol–water partition coefficient (Wildman–Crippen LogP) is 4.68. The fraction of sp³-hybridized carbons (Fsp3) is 0.500. The highest BCUT2D eigenvalue weighted by molar-refractivity contribution is 6.00. The zero-order valence-corrected chi connectivity index (χ0v) is 19.5. The zero-order valence-electron chi connectivity index (χ0n) is 19.5. The van der Waals surface area contributed by atoms with Crippen molar-refractivity contribution in [2.24, 2.45) is 5.92 Å². The first kappa shape index (κ1) is 23.1. The summed E-state index contributed by atoms with van der Waals surface area (Å²) in [6, 6.07) is 3.72. The number of hydrogen-bond donors (Lipinski definition) is 3. The monoisotopic (exact) mass is 423 g/mol. The van der Waals surface area contributed by atoms with Crippen LogP contribution in [0, 0.1) is 5.92 Å². The van der Waals surface area contributed by atoms with Crippen LogP contribution in [0.15, 0.2) is 42.6 Å². The van der Waals surface area contributed by atoms with Gasteiger partial charge in [0.05, 0.1) is 18.2 Å². The largest absolute Gasteiger partial charge is 0.394 e. The SMILES string of the molecule is C=C[C@@H](CCC=C(C)C)c1ccc2c3c(c[nH]c13)C[C@@H](CO)NC(=O)[C@H](C(C)C)N2C. The predicted molar refractivity (Wildman–Crippen MR) is 130 cm³/mol. The fourth-order valence-electron chi connectivity index (χ4n) is 4.82. The molecule has 0 saturated carbocycles. The van der Waals surface area contributed by atoms with E-state index in [2.05, 4.69) is 67.7 Å². The zero-order chi connectivity index (χ0) is 22.7. The molecule has 0 spiro atoms. The molecule has 31 heavy (non-hydrogen) atoms. The summed E-state index contributed by atoms with van der Waals surface area (Å²) in [6.45, 7) is 12.4. The number of nitrogens with one attached hydrogen (secondary N) is 2. The summed E-state index contributed by atoms with van der Waals surface area (Å²) in [5.74, 6) is 0.335. The minimum Gasteiger partial charge on any atom is -0.394 e. The average Bonchev–Trinajstić information content (AvgIpc) is 3.14. The maximum absolute atomic E-state index is 13.0. The van der Waals surface area contributed by atoms with Crippen molar-refractivity contribution in [3.8, 4) is 0 Å². The Balaban J connectivity index is 2.14. The van der Waals surface area contributed by atoms with Crippen LogP contribution in [-0.4, -0.2) is 41.7 Å². The van der Waals surface area contributed by atoms with Gasteiger partial charge < -0.3 is 20.3 Å². The van der Waals surface area contributed by atoms with Crippen molar-refractivity contribution in [1.29, 1.82) is 0 Å². The van der Waals surface area contributed by atoms with E-state index in [0.717, 1.165) is 35.0 Å². The van der Waals surface area contributed by atoms with E-state index in [4.69, 9.17) is 0 Å². The lowest BCUT2D eigenvalue weighted by molar-refractivity contribution is -0.124. The van der Waals surface area contributed by atoms with Crippen LogP contribution in [0.4, 0.5) is 5.69 Å². The molecule has 2 aromatic rings. The van der Waals surface area contributed by atoms with Gasteiger partial charge >= 0.3 is 0 Å². The quantitative estimate of drug-likeness (QED) is 0.567. The second-order valence-corrected chi connectivity index (χ2v) is 9.33. The van der Waals surface area contributed by atoms with E-state index in [9.17, 15) is 9.90 Å². The average molecular weight is 424 g/mol. The van der Waals surface area contributed by atoms with Crippen molar-refractivity contribution in [3.63, 3.8) is 0 Å². The van der Waals surface area contributed by atoms with Gasteiger partial charge in [-0.05, 0) is 56.2 Å². The van der Waals surface area contributed by atoms with Gasteiger partial charge in [0.1, 0.15) is 6.04 Å². The van der Waals surface area contributed by atoms with Crippen molar-refractivity contribution in [2.45, 2.75) is 65.0 Å². The normalized spacial score (nSPS) is 20.1. The Kier molecular flexibility index (Phi) is 7.26. The topological polar surface area (TPSA) is 68.4 Å². The van der Waals surface area contributed by atoms with Crippen molar-refractivity contribution in [3.05, 3.63) is 53.8 Å². The van der Waals surface area contributed by atoms with Crippen molar-refractivity contribution in [1.82, 2.24) is 10.3 Å². The lowest BCUT2D eigenvalue weighted by Crippen LogP contribution is -2.52. The molecule has 1 aliphatic rings. The summed E-state index contributed by atoms with van der Waals surface area (Å²) in [6.07, 6.45) is 8.94. The smallest absolute Gasteiger partial charge is 0.243 e. The molecule has 1 aliphatic heterocycles. The van der Waals surface area contributed by atoms with Crippen LogP contribution in [-0.2, 0) is 11.2 Å². The van der Waals surface area contributed by atoms with Gasteiger partial charge in [0.15, 0.2) is 0 Å². The van der Waals surface area contributed by atoms with E-state index in [1.807, 2.05) is 19.3 Å². The Labute approximate surface area is 186 Å². The van der Waals surface area contributed by atoms with Gasteiger partial charge in [-0.1, -0.05) is 37.6 Å². The van der Waals surface area contributed by atoms with Gasteiger partial charge in [-0.15, -0.1) is 6.58 Å². The number of aliphatic hydroxyl groups is 1. The lowest BCUT2D eigenvalue weighted by Gasteiger charge is -2.33. The molecule has 168 valence electrons. The number of carbonyl (C=O) groups is 1. The summed E-state index contributed by atoms with van der Waals surface area (Å²) in [5, 5.41) is 14.1. The van der Waals surface area contributed by atoms with E-state index in [1.54, 1.807) is 0 Å². The second-order valence-electron chi connectivity index (χ2n) is 9.33. The van der Waals surface area contributed by atoms with Crippen molar-refractivity contribution >= 4 is 22.5 Å². The summed E-state index contributed by atoms with van der Waals surface area (Å²) in [4.78, 5) is 18.6. The summed E-state index contributed by atoms with van der Waals surface area (Å²) < 4.78 is 0. The third-order valence-corrected chi connectivity index (χ3v) is 6.37. The number of aliphatic hydroxyl groups excluding tert-OH is 1. The summed E-state index contributed by atoms with van der Waals surface area (Å²) in [5.41, 5.74) is 5.84. The van der Waals surface area contributed by atoms with Crippen LogP contribution in [0.5, 0.6) is 0 Å². The van der Waals surface area contributed by atoms with Gasteiger partial charge in [0.2, 0.25) is 5.91 Å². The van der Waals surface area contributed by atoms with Crippen molar-refractivity contribution < 1.29 is 9.90 Å². The number of H-pyrrole nitrogens is 1. The van der Waals surface area contributed by atoms with E-state index in [1.165, 1.54) is 11.1 Å². The number of aromatic amines is 1. The lowest BCUT2D eigenvalue weighted by atomic mass is 9.90. The summed E-state index contributed by atoms with van der Waals surface area (Å²) in [7, 11) is 1.99. The molecule has 5 heteroatoms. The number of rotatable bonds is 7. The molecule has 3 atom stereocenters. The van der Waals surface area contributed by atoms with Gasteiger partial charge in [-0.3, -0.25) is 4.79 Å². The maximum Gasteiger partial charge on any atom is 0.243 e. The first-order valence-corrected chi connectivity index (χ1v) is 11.3. The molecular formula is C26H37N3O2. The molecule has 2 heterocycles. The van der Waals surface area contributed by atoms with Crippen molar-refractivity contribution in [2.75, 3.05) is 18.6 Å². The minimum absolute atomic E-state index is 0.0337. The van der Waals surface area contributed by atoms with E-state index < -0.39 is 0 Å². The third-order valence-electron chi connectivity index (χ3n) is 6.37. The fourth-order valence-corrected chi connectivity index (χ4v) is 4.82. The van der Waals surface area contributed by atoms with Crippen LogP contribution in [0.3, 0.4) is 0 Å². The molecule has 1 aromatic carbocycles. The van der Waals surface area contributed by atoms with E-state index in [-0.39, 0.29) is 36.4 Å². The number of aromatic nitrogens is 1. The van der Waals surface area contributed by atoms with Crippen LogP contribution in [0.1, 0.15) is 57.6 Å². The molecule has 3 N–H and O–H groups in total. The molecule has 0 saturated heterocycles. The number of anilines is 1. The van der Waals surface area contributed by atoms with E-state index in [0.29, 0.717) is 6.42 Å². The number of hydrogen-bond acceptors (Lipinski definition) is 3. The molecule has 0 radical (unpaired) electrons. The molecule has 0 aliphatic carbocycles. The number of likely N-dealkylation sites (N-methyl/N-ethyl adjacent to an activating group) is 1. The van der Waals surface area contributed by atoms with Crippen LogP contribution < -0.4 is 10.2 Å². The maximum atomic E-state index is 13.0. The van der Waals surface area contributed by atoms with Crippen LogP contribution >= 0.6 is 0 Å². The van der Waals surface area contributed by atoms with Gasteiger partial charge in [0, 0.05) is 30.2 Å². The molecular weight excluding hydrogens is 386 g/mol. The molecule has 5 nitrogen and oxygen atoms in total. The Morgan fingerprint density at radius 1 is 1.35 bits per heavy atom. The number of nitrogens with zero attached hydrogens (tertiary/aromatic N) is 1. The molecule has 3 rings (SSSR count). The molecule has 0 fully saturated rings. The second kappa shape index (κ2) is 9.73. The minimum atomic E-state index is -0.309. The molecule has 0 bridgehead atoms. The van der Waals surface area contributed by atoms with Crippen LogP contribution in [0.25, 0.3) is 10.9 Å². The first-order chi connectivity index (χ1) is 14.8. The molecule has 1 amide bonds. The Bertz CT molecular complexity index is 968. The first-order valence-electron chi connectivity index (χ1n) is 11.3. The van der Waals surface area contributed by atoms with Crippen LogP contribution in [0.2, 0.25) is 0 Å². The number of amides is 1. The van der Waals surface area contributed by atoms with Gasteiger partial charge in [-0.2, -0.15) is 0 Å². The van der Waals surface area contributed by atoms with Gasteiger partial charge in [0.25, 0.3) is 0 Å². The standard InChI is InChI=1S/C26H37N3O2/c1-7-18(10-8-9-16(2)3)21-11-12-22-23-19(14-27-24(21)23)13-20(15-30)28-26(31)25(17(4)5)29(22)6/h7,9,11-12,14,17-18,20,25,27,30H,1,8,10,13,15H2,2-6H3,(H,28,31)/t18-,20-,25-/m0/s1. The van der Waals surface area contributed by atoms with Gasteiger partial charge in [-0.25, -0.2) is 0 Å². The summed E-state index contributed by atoms with van der Waals surface area (Å²) >= 11 is 0. The highest BCUT2D eigenvalue weighted by atomic mass is 16.3. The highest BCUT2D eigenvalue weighted by Gasteiger charge is 2.32. The third kappa shape index (κ3) is 4.72. The number of allylic oxidation sites excluding steroid dienone is 3. The highest BCUT2D eigenvalue weighted by Crippen LogP contribution is 2.38. The Morgan fingerprint density at radius 3 is 2.71 bits per heavy atom. The van der Waals surface area contributed by atoms with E-state index >= 15 is 0 Å². The number of benzene rings is 1. The number of carbonyl (C=O) groups excluding carboxylic acids is 1.